The highest BCUT2D eigenvalue weighted by atomic mass is 19.4. The topological polar surface area (TPSA) is 50.6 Å². The van der Waals surface area contributed by atoms with Gasteiger partial charge >= 0.3 is 12.1 Å². The number of fused-ring (bicyclic) bond motifs is 1. The molecule has 0 aliphatic carbocycles. The standard InChI is InChI=1S/C24H27F3N4O2/c1-33-23(32)18-7-8-21-22(15-18)31(17-28-21)10-3-2-9-29-11-13-30(14-12-29)20-6-4-5-19(16-20)24(25,26)27/h4-8,15-17H,2-3,9-14H2,1H3. The van der Waals surface area contributed by atoms with Gasteiger partial charge in [-0.1, -0.05) is 6.07 Å². The Labute approximate surface area is 190 Å². The lowest BCUT2D eigenvalue weighted by atomic mass is 10.1. The molecule has 9 heteroatoms. The average Bonchev–Trinajstić information content (AvgIpc) is 3.23. The SMILES string of the molecule is COC(=O)c1ccc2ncn(CCCCN3CCN(c4cccc(C(F)(F)F)c4)CC3)c2c1. The first-order valence-electron chi connectivity index (χ1n) is 11.0. The lowest BCUT2D eigenvalue weighted by molar-refractivity contribution is -0.137. The molecule has 3 aromatic rings. The first-order chi connectivity index (χ1) is 15.8. The fourth-order valence-corrected chi connectivity index (χ4v) is 4.21. The van der Waals surface area contributed by atoms with Crippen LogP contribution in [0.1, 0.15) is 28.8 Å². The number of aromatic nitrogens is 2. The van der Waals surface area contributed by atoms with Crippen molar-refractivity contribution >= 4 is 22.7 Å². The molecule has 0 atom stereocenters. The number of benzene rings is 2. The van der Waals surface area contributed by atoms with E-state index in [1.807, 2.05) is 15.5 Å². The number of nitrogens with zero attached hydrogens (tertiary/aromatic N) is 4. The van der Waals surface area contributed by atoms with E-state index >= 15 is 0 Å². The molecule has 33 heavy (non-hydrogen) atoms. The molecule has 1 fully saturated rings. The number of esters is 1. The van der Waals surface area contributed by atoms with Crippen molar-refractivity contribution in [2.75, 3.05) is 44.7 Å². The van der Waals surface area contributed by atoms with Gasteiger partial charge in [-0.05, 0) is 55.8 Å². The van der Waals surface area contributed by atoms with Crippen LogP contribution in [0.25, 0.3) is 11.0 Å². The Morgan fingerprint density at radius 3 is 2.52 bits per heavy atom. The summed E-state index contributed by atoms with van der Waals surface area (Å²) in [6.45, 7) is 4.81. The second-order valence-electron chi connectivity index (χ2n) is 8.22. The van der Waals surface area contributed by atoms with Crippen LogP contribution in [0, 0.1) is 0 Å². The van der Waals surface area contributed by atoms with Crippen molar-refractivity contribution < 1.29 is 22.7 Å². The highest BCUT2D eigenvalue weighted by molar-refractivity contribution is 5.93. The van der Waals surface area contributed by atoms with Crippen LogP contribution in [-0.4, -0.2) is 60.3 Å². The molecule has 0 spiro atoms. The number of methoxy groups -OCH3 is 1. The number of unbranched alkanes of at least 4 members (excludes halogenated alkanes) is 1. The van der Waals surface area contributed by atoms with Crippen molar-refractivity contribution in [3.05, 3.63) is 59.9 Å². The van der Waals surface area contributed by atoms with Gasteiger partial charge in [-0.25, -0.2) is 9.78 Å². The minimum absolute atomic E-state index is 0.367. The van der Waals surface area contributed by atoms with Crippen LogP contribution in [0.4, 0.5) is 18.9 Å². The molecule has 0 unspecified atom stereocenters. The van der Waals surface area contributed by atoms with Crippen LogP contribution in [0.2, 0.25) is 0 Å². The summed E-state index contributed by atoms with van der Waals surface area (Å²) in [5.41, 5.74) is 2.28. The fraction of sp³-hybridized carbons (Fsp3) is 0.417. The maximum absolute atomic E-state index is 13.0. The number of hydrogen-bond acceptors (Lipinski definition) is 5. The summed E-state index contributed by atoms with van der Waals surface area (Å²) < 4.78 is 45.8. The summed E-state index contributed by atoms with van der Waals surface area (Å²) in [7, 11) is 1.36. The van der Waals surface area contributed by atoms with Crippen molar-refractivity contribution in [3.63, 3.8) is 0 Å². The number of halogens is 3. The second-order valence-corrected chi connectivity index (χ2v) is 8.22. The van der Waals surface area contributed by atoms with Crippen molar-refractivity contribution in [1.29, 1.82) is 0 Å². The summed E-state index contributed by atoms with van der Waals surface area (Å²) in [5.74, 6) is -0.367. The van der Waals surface area contributed by atoms with E-state index in [4.69, 9.17) is 4.74 Å². The molecular weight excluding hydrogens is 433 g/mol. The summed E-state index contributed by atoms with van der Waals surface area (Å²) in [4.78, 5) is 20.6. The molecule has 2 aromatic carbocycles. The van der Waals surface area contributed by atoms with Crippen molar-refractivity contribution in [2.45, 2.75) is 25.6 Å². The first kappa shape index (κ1) is 23.1. The third kappa shape index (κ3) is 5.47. The monoisotopic (exact) mass is 460 g/mol. The number of ether oxygens (including phenoxy) is 1. The number of hydrogen-bond donors (Lipinski definition) is 0. The lowest BCUT2D eigenvalue weighted by Gasteiger charge is -2.36. The number of carbonyl (C=O) groups excluding carboxylic acids is 1. The lowest BCUT2D eigenvalue weighted by Crippen LogP contribution is -2.46. The molecule has 0 saturated carbocycles. The molecule has 1 aliphatic rings. The van der Waals surface area contributed by atoms with Crippen molar-refractivity contribution in [2.24, 2.45) is 0 Å². The number of alkyl halides is 3. The molecular formula is C24H27F3N4O2. The van der Waals surface area contributed by atoms with E-state index < -0.39 is 11.7 Å². The summed E-state index contributed by atoms with van der Waals surface area (Å²) >= 11 is 0. The average molecular weight is 461 g/mol. The largest absolute Gasteiger partial charge is 0.465 e. The zero-order valence-corrected chi connectivity index (χ0v) is 18.5. The quantitative estimate of drug-likeness (QED) is 0.385. The molecule has 1 saturated heterocycles. The Kier molecular flexibility index (Phi) is 6.88. The van der Waals surface area contributed by atoms with Gasteiger partial charge in [0, 0.05) is 38.4 Å². The van der Waals surface area contributed by atoms with E-state index in [1.165, 1.54) is 19.2 Å². The van der Waals surface area contributed by atoms with Crippen molar-refractivity contribution in [1.82, 2.24) is 14.5 Å². The zero-order valence-electron chi connectivity index (χ0n) is 18.5. The first-order valence-corrected chi connectivity index (χ1v) is 11.0. The summed E-state index contributed by atoms with van der Waals surface area (Å²) in [5, 5.41) is 0. The minimum Gasteiger partial charge on any atom is -0.465 e. The maximum Gasteiger partial charge on any atom is 0.416 e. The highest BCUT2D eigenvalue weighted by Crippen LogP contribution is 2.31. The van der Waals surface area contributed by atoms with Crippen LogP contribution in [0.5, 0.6) is 0 Å². The summed E-state index contributed by atoms with van der Waals surface area (Å²) in [6, 6.07) is 10.9. The molecule has 6 nitrogen and oxygen atoms in total. The normalized spacial score (nSPS) is 15.2. The van der Waals surface area contributed by atoms with Gasteiger partial charge in [0.2, 0.25) is 0 Å². The van der Waals surface area contributed by atoms with E-state index in [0.29, 0.717) is 24.3 Å². The molecule has 1 aliphatic heterocycles. The Morgan fingerprint density at radius 2 is 1.79 bits per heavy atom. The Bertz CT molecular complexity index is 1100. The van der Waals surface area contributed by atoms with Gasteiger partial charge in [-0.15, -0.1) is 0 Å². The second kappa shape index (κ2) is 9.82. The Morgan fingerprint density at radius 1 is 1.03 bits per heavy atom. The number of piperazine rings is 1. The molecule has 2 heterocycles. The van der Waals surface area contributed by atoms with Crippen molar-refractivity contribution in [3.8, 4) is 0 Å². The number of anilines is 1. The molecule has 0 radical (unpaired) electrons. The van der Waals surface area contributed by atoms with Crippen LogP contribution in [0.3, 0.4) is 0 Å². The molecule has 4 rings (SSSR count). The predicted octanol–water partition coefficient (Wildman–Crippen LogP) is 4.44. The van der Waals surface area contributed by atoms with E-state index in [9.17, 15) is 18.0 Å². The number of imidazole rings is 1. The van der Waals surface area contributed by atoms with E-state index in [2.05, 4.69) is 9.88 Å². The van der Waals surface area contributed by atoms with Gasteiger partial charge in [0.05, 0.1) is 35.6 Å². The Balaban J connectivity index is 1.25. The molecule has 176 valence electrons. The van der Waals surface area contributed by atoms with E-state index in [1.54, 1.807) is 24.5 Å². The number of aryl methyl sites for hydroxylation is 1. The van der Waals surface area contributed by atoms with Crippen LogP contribution in [-0.2, 0) is 17.5 Å². The molecule has 0 N–H and O–H groups in total. The third-order valence-electron chi connectivity index (χ3n) is 6.08. The van der Waals surface area contributed by atoms with E-state index in [-0.39, 0.29) is 5.97 Å². The maximum atomic E-state index is 13.0. The molecule has 0 bridgehead atoms. The van der Waals surface area contributed by atoms with Crippen LogP contribution in [0.15, 0.2) is 48.8 Å². The van der Waals surface area contributed by atoms with Gasteiger partial charge in [0.15, 0.2) is 0 Å². The number of carbonyl (C=O) groups is 1. The highest BCUT2D eigenvalue weighted by Gasteiger charge is 2.31. The number of rotatable bonds is 7. The van der Waals surface area contributed by atoms with Gasteiger partial charge in [-0.2, -0.15) is 13.2 Å². The van der Waals surface area contributed by atoms with Crippen LogP contribution >= 0.6 is 0 Å². The van der Waals surface area contributed by atoms with Gasteiger partial charge < -0.3 is 14.2 Å². The predicted molar refractivity (Wildman–Crippen MR) is 120 cm³/mol. The summed E-state index contributed by atoms with van der Waals surface area (Å²) in [6.07, 6.45) is -0.569. The van der Waals surface area contributed by atoms with Gasteiger partial charge in [0.1, 0.15) is 0 Å². The Hall–Kier alpha value is -3.07. The zero-order chi connectivity index (χ0) is 23.4. The smallest absolute Gasteiger partial charge is 0.416 e. The fourth-order valence-electron chi connectivity index (χ4n) is 4.21. The third-order valence-corrected chi connectivity index (χ3v) is 6.08. The van der Waals surface area contributed by atoms with E-state index in [0.717, 1.165) is 56.1 Å². The van der Waals surface area contributed by atoms with Crippen LogP contribution < -0.4 is 4.90 Å². The van der Waals surface area contributed by atoms with Gasteiger partial charge in [-0.3, -0.25) is 4.90 Å². The molecule has 1 aromatic heterocycles. The van der Waals surface area contributed by atoms with Gasteiger partial charge in [0.25, 0.3) is 0 Å². The molecule has 0 amide bonds. The minimum atomic E-state index is -4.32.